The lowest BCUT2D eigenvalue weighted by Gasteiger charge is -2.33. The van der Waals surface area contributed by atoms with Crippen LogP contribution < -0.4 is 10.2 Å². The molecule has 134 valence electrons. The highest BCUT2D eigenvalue weighted by molar-refractivity contribution is 5.79. The molecule has 8 heteroatoms. The van der Waals surface area contributed by atoms with Gasteiger partial charge >= 0.3 is 0 Å². The van der Waals surface area contributed by atoms with Gasteiger partial charge in [-0.3, -0.25) is 4.79 Å². The van der Waals surface area contributed by atoms with E-state index in [9.17, 15) is 4.79 Å². The molecule has 1 amide bonds. The van der Waals surface area contributed by atoms with Crippen molar-refractivity contribution in [3.8, 4) is 0 Å². The van der Waals surface area contributed by atoms with Gasteiger partial charge in [0.2, 0.25) is 5.91 Å². The lowest BCUT2D eigenvalue weighted by Crippen LogP contribution is -2.45. The lowest BCUT2D eigenvalue weighted by atomic mass is 9.86. The quantitative estimate of drug-likeness (QED) is 0.907. The number of tetrazole rings is 1. The summed E-state index contributed by atoms with van der Waals surface area (Å²) >= 11 is 0. The summed E-state index contributed by atoms with van der Waals surface area (Å²) in [6, 6.07) is 4.19. The molecule has 1 saturated heterocycles. The molecule has 1 saturated carbocycles. The summed E-state index contributed by atoms with van der Waals surface area (Å²) in [5, 5.41) is 19.0. The Morgan fingerprint density at radius 1 is 1.12 bits per heavy atom. The highest BCUT2D eigenvalue weighted by atomic mass is 16.1. The van der Waals surface area contributed by atoms with E-state index in [4.69, 9.17) is 0 Å². The summed E-state index contributed by atoms with van der Waals surface area (Å²) in [6.07, 6.45) is 6.45. The van der Waals surface area contributed by atoms with Crippen LogP contribution in [0.2, 0.25) is 0 Å². The average molecular weight is 343 g/mol. The van der Waals surface area contributed by atoms with Crippen molar-refractivity contribution in [3.05, 3.63) is 12.1 Å². The van der Waals surface area contributed by atoms with Gasteiger partial charge in [-0.25, -0.2) is 0 Å². The number of carbonyl (C=O) groups is 1. The van der Waals surface area contributed by atoms with Crippen LogP contribution in [0.3, 0.4) is 0 Å². The molecule has 1 N–H and O–H groups in total. The summed E-state index contributed by atoms with van der Waals surface area (Å²) in [6.45, 7) is 3.97. The van der Waals surface area contributed by atoms with Gasteiger partial charge < -0.3 is 10.2 Å². The standard InChI is InChI=1S/C17H25N7O/c1-12-2-4-14(5-3-12)18-17(25)13-8-10-23(11-9-13)16-7-6-15-19-21-22-24(15)20-16/h6-7,12-14H,2-5,8-11H2,1H3,(H,18,25). The molecule has 0 unspecified atom stereocenters. The summed E-state index contributed by atoms with van der Waals surface area (Å²) in [5.74, 6) is 2.02. The van der Waals surface area contributed by atoms with Crippen LogP contribution in [-0.2, 0) is 4.79 Å². The normalized spacial score (nSPS) is 25.2. The van der Waals surface area contributed by atoms with Gasteiger partial charge in [0.25, 0.3) is 0 Å². The number of anilines is 1. The molecule has 0 bridgehead atoms. The number of piperidine rings is 1. The maximum absolute atomic E-state index is 12.6. The molecule has 1 aliphatic carbocycles. The van der Waals surface area contributed by atoms with Crippen LogP contribution in [0.25, 0.3) is 5.65 Å². The van der Waals surface area contributed by atoms with Crippen molar-refractivity contribution in [3.63, 3.8) is 0 Å². The predicted octanol–water partition coefficient (Wildman–Crippen LogP) is 1.43. The second-order valence-corrected chi connectivity index (χ2v) is 7.44. The number of hydrogen-bond donors (Lipinski definition) is 1. The van der Waals surface area contributed by atoms with Crippen molar-refractivity contribution in [2.45, 2.75) is 51.5 Å². The van der Waals surface area contributed by atoms with Gasteiger partial charge in [0.1, 0.15) is 0 Å². The summed E-state index contributed by atoms with van der Waals surface area (Å²) in [4.78, 5) is 14.8. The predicted molar refractivity (Wildman–Crippen MR) is 93.1 cm³/mol. The summed E-state index contributed by atoms with van der Waals surface area (Å²) < 4.78 is 1.44. The number of rotatable bonds is 3. The van der Waals surface area contributed by atoms with Crippen LogP contribution in [0.1, 0.15) is 45.4 Å². The van der Waals surface area contributed by atoms with Crippen molar-refractivity contribution in [1.82, 2.24) is 30.6 Å². The van der Waals surface area contributed by atoms with Crippen molar-refractivity contribution in [1.29, 1.82) is 0 Å². The molecule has 2 aromatic heterocycles. The number of hydrogen-bond acceptors (Lipinski definition) is 6. The second kappa shape index (κ2) is 6.93. The Morgan fingerprint density at radius 3 is 2.64 bits per heavy atom. The monoisotopic (exact) mass is 343 g/mol. The molecule has 4 rings (SSSR count). The maximum atomic E-state index is 12.6. The fraction of sp³-hybridized carbons (Fsp3) is 0.706. The van der Waals surface area contributed by atoms with Gasteiger partial charge in [-0.2, -0.15) is 0 Å². The van der Waals surface area contributed by atoms with E-state index in [2.05, 4.69) is 37.8 Å². The van der Waals surface area contributed by atoms with Crippen LogP contribution in [-0.4, -0.2) is 50.3 Å². The minimum absolute atomic E-state index is 0.118. The SMILES string of the molecule is CC1CCC(NC(=O)C2CCN(c3ccc4nnnn4n3)CC2)CC1. The van der Waals surface area contributed by atoms with E-state index in [0.717, 1.165) is 50.5 Å². The molecule has 3 heterocycles. The molecular formula is C17H25N7O. The van der Waals surface area contributed by atoms with Gasteiger partial charge in [-0.05, 0) is 67.0 Å². The molecule has 1 aliphatic heterocycles. The smallest absolute Gasteiger partial charge is 0.223 e. The first-order valence-electron chi connectivity index (χ1n) is 9.30. The van der Waals surface area contributed by atoms with Crippen molar-refractivity contribution in [2.24, 2.45) is 11.8 Å². The molecule has 2 fully saturated rings. The zero-order valence-corrected chi connectivity index (χ0v) is 14.6. The lowest BCUT2D eigenvalue weighted by molar-refractivity contribution is -0.126. The Kier molecular flexibility index (Phi) is 4.50. The number of fused-ring (bicyclic) bond motifs is 1. The third-order valence-corrected chi connectivity index (χ3v) is 5.61. The van der Waals surface area contributed by atoms with E-state index in [0.29, 0.717) is 11.7 Å². The van der Waals surface area contributed by atoms with Crippen LogP contribution in [0.5, 0.6) is 0 Å². The number of carbonyl (C=O) groups excluding carboxylic acids is 1. The minimum atomic E-state index is 0.118. The first kappa shape index (κ1) is 16.2. The molecule has 2 aromatic rings. The number of amides is 1. The number of nitrogens with one attached hydrogen (secondary N) is 1. The van der Waals surface area contributed by atoms with E-state index in [-0.39, 0.29) is 11.8 Å². The van der Waals surface area contributed by atoms with Gasteiger partial charge in [-0.15, -0.1) is 14.8 Å². The Labute approximate surface area is 147 Å². The summed E-state index contributed by atoms with van der Waals surface area (Å²) in [7, 11) is 0. The zero-order valence-electron chi connectivity index (χ0n) is 14.6. The Morgan fingerprint density at radius 2 is 1.88 bits per heavy atom. The largest absolute Gasteiger partial charge is 0.355 e. The molecular weight excluding hydrogens is 318 g/mol. The van der Waals surface area contributed by atoms with E-state index in [1.807, 2.05) is 12.1 Å². The van der Waals surface area contributed by atoms with Gasteiger partial charge in [-0.1, -0.05) is 6.92 Å². The topological polar surface area (TPSA) is 88.3 Å². The molecule has 25 heavy (non-hydrogen) atoms. The average Bonchev–Trinajstić information content (AvgIpc) is 3.11. The maximum Gasteiger partial charge on any atom is 0.223 e. The fourth-order valence-corrected chi connectivity index (χ4v) is 3.90. The molecule has 2 aliphatic rings. The molecule has 0 radical (unpaired) electrons. The number of aromatic nitrogens is 5. The van der Waals surface area contributed by atoms with Gasteiger partial charge in [0, 0.05) is 25.0 Å². The van der Waals surface area contributed by atoms with Crippen molar-refractivity contribution in [2.75, 3.05) is 18.0 Å². The molecule has 0 aromatic carbocycles. The van der Waals surface area contributed by atoms with Gasteiger partial charge in [0.15, 0.2) is 11.5 Å². The number of nitrogens with zero attached hydrogens (tertiary/aromatic N) is 6. The second-order valence-electron chi connectivity index (χ2n) is 7.44. The summed E-state index contributed by atoms with van der Waals surface area (Å²) in [5.41, 5.74) is 0.639. The first-order chi connectivity index (χ1) is 12.2. The molecule has 8 nitrogen and oxygen atoms in total. The van der Waals surface area contributed by atoms with Crippen LogP contribution in [0, 0.1) is 11.8 Å². The minimum Gasteiger partial charge on any atom is -0.355 e. The third-order valence-electron chi connectivity index (χ3n) is 5.61. The van der Waals surface area contributed by atoms with E-state index < -0.39 is 0 Å². The van der Waals surface area contributed by atoms with Crippen LogP contribution in [0.15, 0.2) is 12.1 Å². The van der Waals surface area contributed by atoms with E-state index >= 15 is 0 Å². The Hall–Kier alpha value is -2.25. The molecule has 0 spiro atoms. The van der Waals surface area contributed by atoms with E-state index in [1.165, 1.54) is 17.5 Å². The Balaban J connectivity index is 1.30. The van der Waals surface area contributed by atoms with Crippen LogP contribution >= 0.6 is 0 Å². The van der Waals surface area contributed by atoms with Gasteiger partial charge in [0.05, 0.1) is 0 Å². The first-order valence-corrected chi connectivity index (χ1v) is 9.30. The van der Waals surface area contributed by atoms with Crippen molar-refractivity contribution < 1.29 is 4.79 Å². The third kappa shape index (κ3) is 3.57. The highest BCUT2D eigenvalue weighted by Gasteiger charge is 2.28. The molecule has 0 atom stereocenters. The zero-order chi connectivity index (χ0) is 17.2. The van der Waals surface area contributed by atoms with Crippen molar-refractivity contribution >= 4 is 17.4 Å². The Bertz CT molecular complexity index is 729. The fourth-order valence-electron chi connectivity index (χ4n) is 3.90. The van der Waals surface area contributed by atoms with Crippen LogP contribution in [0.4, 0.5) is 5.82 Å². The highest BCUT2D eigenvalue weighted by Crippen LogP contribution is 2.25. The van der Waals surface area contributed by atoms with E-state index in [1.54, 1.807) is 0 Å².